The summed E-state index contributed by atoms with van der Waals surface area (Å²) < 4.78 is 0. The fourth-order valence-corrected chi connectivity index (χ4v) is 8.71. The minimum atomic E-state index is 0.289. The predicted molar refractivity (Wildman–Crippen MR) is 195 cm³/mol. The Morgan fingerprint density at radius 3 is 1.57 bits per heavy atom. The fourth-order valence-electron chi connectivity index (χ4n) is 8.71. The second kappa shape index (κ2) is 9.80. The molecule has 0 unspecified atom stereocenters. The molecule has 1 heteroatoms. The topological polar surface area (TPSA) is 0 Å². The molecule has 0 spiro atoms. The SMILES string of the molecule is Cc1ccc2c(c1)-c1ccccc1-c1ccc(-c3ccc4c5c3Cc3ccccc3B5c3ccccc3C4)cc1-c1ccccc1-2. The molecule has 46 heavy (non-hydrogen) atoms. The van der Waals surface area contributed by atoms with E-state index in [1.807, 2.05) is 0 Å². The number of rotatable bonds is 1. The Labute approximate surface area is 271 Å². The average Bonchev–Trinajstić information content (AvgIpc) is 3.11. The van der Waals surface area contributed by atoms with E-state index in [1.54, 1.807) is 0 Å². The normalized spacial score (nSPS) is 13.1. The van der Waals surface area contributed by atoms with Crippen LogP contribution in [-0.2, 0) is 12.8 Å². The molecule has 7 aromatic rings. The zero-order chi connectivity index (χ0) is 30.4. The van der Waals surface area contributed by atoms with Gasteiger partial charge >= 0.3 is 0 Å². The first-order valence-corrected chi connectivity index (χ1v) is 16.5. The number of aryl methyl sites for hydroxylation is 1. The Morgan fingerprint density at radius 1 is 0.391 bits per heavy atom. The standard InChI is InChI=1S/C45H31B/c1-28-18-21-38-35-13-5-7-15-37(35)41-26-29(19-23-39(41)34-12-4-6-14-36(34)40(38)24-28)33-22-20-32-25-30-10-2-8-16-43(30)46-44-17-9-3-11-31(44)27-42(33)45(32)46/h2-24,26H,25,27H2,1H3. The van der Waals surface area contributed by atoms with Crippen LogP contribution in [0.1, 0.15) is 27.8 Å². The quantitative estimate of drug-likeness (QED) is 0.170. The highest BCUT2D eigenvalue weighted by atomic mass is 14.3. The van der Waals surface area contributed by atoms with E-state index in [2.05, 4.69) is 153 Å². The number of benzene rings is 7. The van der Waals surface area contributed by atoms with Crippen LogP contribution in [0.5, 0.6) is 0 Å². The van der Waals surface area contributed by atoms with E-state index in [4.69, 9.17) is 0 Å². The van der Waals surface area contributed by atoms with E-state index in [0.717, 1.165) is 12.8 Å². The lowest BCUT2D eigenvalue weighted by molar-refractivity contribution is 1.15. The summed E-state index contributed by atoms with van der Waals surface area (Å²) in [6, 6.07) is 55.2. The van der Waals surface area contributed by atoms with E-state index in [0.29, 0.717) is 0 Å². The maximum Gasteiger partial charge on any atom is 0.242 e. The molecule has 2 aliphatic heterocycles. The van der Waals surface area contributed by atoms with Gasteiger partial charge in [0.05, 0.1) is 0 Å². The first-order chi connectivity index (χ1) is 22.7. The van der Waals surface area contributed by atoms with Crippen molar-refractivity contribution in [2.75, 3.05) is 0 Å². The highest BCUT2D eigenvalue weighted by Gasteiger charge is 2.37. The van der Waals surface area contributed by atoms with Gasteiger partial charge in [0.15, 0.2) is 0 Å². The minimum Gasteiger partial charge on any atom is -0.0667 e. The van der Waals surface area contributed by atoms with Crippen LogP contribution in [0.3, 0.4) is 0 Å². The summed E-state index contributed by atoms with van der Waals surface area (Å²) in [6.07, 6.45) is 1.97. The van der Waals surface area contributed by atoms with Crippen LogP contribution < -0.4 is 16.4 Å². The lowest BCUT2D eigenvalue weighted by Crippen LogP contribution is -2.61. The highest BCUT2D eigenvalue weighted by Crippen LogP contribution is 2.48. The van der Waals surface area contributed by atoms with Crippen molar-refractivity contribution in [3.8, 4) is 55.6 Å². The van der Waals surface area contributed by atoms with Gasteiger partial charge in [-0.1, -0.05) is 161 Å². The van der Waals surface area contributed by atoms with Crippen LogP contribution in [0.25, 0.3) is 55.6 Å². The third-order valence-electron chi connectivity index (χ3n) is 10.7. The molecule has 0 aromatic heterocycles. The third kappa shape index (κ3) is 3.69. The molecule has 0 atom stereocenters. The van der Waals surface area contributed by atoms with E-state index < -0.39 is 0 Å². The van der Waals surface area contributed by atoms with Gasteiger partial charge in [-0.2, -0.15) is 0 Å². The molecule has 0 saturated carbocycles. The van der Waals surface area contributed by atoms with Gasteiger partial charge in [-0.05, 0) is 104 Å². The van der Waals surface area contributed by atoms with Crippen molar-refractivity contribution in [1.29, 1.82) is 0 Å². The van der Waals surface area contributed by atoms with Crippen LogP contribution in [-0.4, -0.2) is 6.71 Å². The Bertz CT molecular complexity index is 2380. The molecule has 1 aliphatic carbocycles. The Morgan fingerprint density at radius 2 is 0.891 bits per heavy atom. The highest BCUT2D eigenvalue weighted by molar-refractivity contribution is 6.97. The Balaban J connectivity index is 1.23. The van der Waals surface area contributed by atoms with Crippen LogP contribution in [0.4, 0.5) is 0 Å². The van der Waals surface area contributed by atoms with E-state index in [-0.39, 0.29) is 6.71 Å². The summed E-state index contributed by atoms with van der Waals surface area (Å²) in [5, 5.41) is 0. The monoisotopic (exact) mass is 582 g/mol. The first-order valence-electron chi connectivity index (χ1n) is 16.5. The van der Waals surface area contributed by atoms with Crippen LogP contribution in [0.15, 0.2) is 146 Å². The van der Waals surface area contributed by atoms with Crippen LogP contribution in [0, 0.1) is 6.92 Å². The molecular weight excluding hydrogens is 551 g/mol. The van der Waals surface area contributed by atoms with Gasteiger partial charge in [-0.15, -0.1) is 0 Å². The van der Waals surface area contributed by atoms with E-state index >= 15 is 0 Å². The van der Waals surface area contributed by atoms with Crippen molar-refractivity contribution in [3.63, 3.8) is 0 Å². The number of fused-ring (bicyclic) bond motifs is 12. The van der Waals surface area contributed by atoms with Crippen molar-refractivity contribution in [2.24, 2.45) is 0 Å². The summed E-state index contributed by atoms with van der Waals surface area (Å²) >= 11 is 0. The molecule has 3 aliphatic rings. The summed E-state index contributed by atoms with van der Waals surface area (Å²) in [5.41, 5.74) is 24.7. The molecule has 0 radical (unpaired) electrons. The lowest BCUT2D eigenvalue weighted by atomic mass is 9.30. The van der Waals surface area contributed by atoms with Gasteiger partial charge in [0, 0.05) is 0 Å². The van der Waals surface area contributed by atoms with Gasteiger partial charge in [0.2, 0.25) is 6.71 Å². The fraction of sp³-hybridized carbons (Fsp3) is 0.0667. The average molecular weight is 583 g/mol. The van der Waals surface area contributed by atoms with Gasteiger partial charge < -0.3 is 0 Å². The summed E-state index contributed by atoms with van der Waals surface area (Å²) in [6.45, 7) is 2.48. The van der Waals surface area contributed by atoms with Crippen LogP contribution in [0.2, 0.25) is 0 Å². The molecule has 0 nitrogen and oxygen atoms in total. The molecular formula is C45H31B. The lowest BCUT2D eigenvalue weighted by Gasteiger charge is -2.35. The summed E-state index contributed by atoms with van der Waals surface area (Å²) in [5.74, 6) is 0. The first kappa shape index (κ1) is 25.9. The zero-order valence-corrected chi connectivity index (χ0v) is 25.8. The molecule has 0 fully saturated rings. The molecule has 0 N–H and O–H groups in total. The smallest absolute Gasteiger partial charge is 0.0667 e. The van der Waals surface area contributed by atoms with Crippen molar-refractivity contribution in [2.45, 2.75) is 19.8 Å². The number of hydrogen-bond acceptors (Lipinski definition) is 0. The van der Waals surface area contributed by atoms with Crippen molar-refractivity contribution in [3.05, 3.63) is 173 Å². The third-order valence-corrected chi connectivity index (χ3v) is 10.7. The maximum absolute atomic E-state index is 2.48. The van der Waals surface area contributed by atoms with Crippen LogP contribution >= 0.6 is 0 Å². The second-order valence-corrected chi connectivity index (χ2v) is 13.2. The second-order valence-electron chi connectivity index (χ2n) is 13.2. The molecule has 0 bridgehead atoms. The molecule has 2 heterocycles. The Hall–Kier alpha value is -5.40. The van der Waals surface area contributed by atoms with Crippen molar-refractivity contribution < 1.29 is 0 Å². The number of hydrogen-bond donors (Lipinski definition) is 0. The molecule has 10 rings (SSSR count). The van der Waals surface area contributed by atoms with Gasteiger partial charge in [-0.3, -0.25) is 0 Å². The summed E-state index contributed by atoms with van der Waals surface area (Å²) in [4.78, 5) is 0. The van der Waals surface area contributed by atoms with E-state index in [9.17, 15) is 0 Å². The zero-order valence-electron chi connectivity index (χ0n) is 25.8. The summed E-state index contributed by atoms with van der Waals surface area (Å²) in [7, 11) is 0. The maximum atomic E-state index is 2.48. The molecule has 7 aromatic carbocycles. The molecule has 214 valence electrons. The minimum absolute atomic E-state index is 0.289. The largest absolute Gasteiger partial charge is 0.242 e. The molecule has 0 saturated heterocycles. The van der Waals surface area contributed by atoms with E-state index in [1.165, 1.54) is 99.8 Å². The van der Waals surface area contributed by atoms with Crippen molar-refractivity contribution in [1.82, 2.24) is 0 Å². The Kier molecular flexibility index (Phi) is 5.51. The molecule has 0 amide bonds. The van der Waals surface area contributed by atoms with Gasteiger partial charge in [0.25, 0.3) is 0 Å². The van der Waals surface area contributed by atoms with Gasteiger partial charge in [0.1, 0.15) is 0 Å². The predicted octanol–water partition coefficient (Wildman–Crippen LogP) is 8.97. The van der Waals surface area contributed by atoms with Crippen molar-refractivity contribution >= 4 is 23.1 Å². The van der Waals surface area contributed by atoms with Gasteiger partial charge in [-0.25, -0.2) is 0 Å².